The summed E-state index contributed by atoms with van der Waals surface area (Å²) in [6.07, 6.45) is -10.3. The van der Waals surface area contributed by atoms with Crippen LogP contribution in [0.25, 0.3) is 44.1 Å². The second-order valence-electron chi connectivity index (χ2n) is 7.69. The molecule has 0 saturated heterocycles. The van der Waals surface area contributed by atoms with E-state index >= 15 is 0 Å². The van der Waals surface area contributed by atoms with E-state index in [2.05, 4.69) is 29.9 Å². The number of nitrogens with zero attached hydrogens (tertiary/aromatic N) is 6. The van der Waals surface area contributed by atoms with E-state index in [1.807, 2.05) is 0 Å². The van der Waals surface area contributed by atoms with Crippen molar-refractivity contribution in [3.63, 3.8) is 0 Å². The summed E-state index contributed by atoms with van der Waals surface area (Å²) in [5, 5.41) is 0. The molecule has 0 atom stereocenters. The first kappa shape index (κ1) is 25.2. The topological polar surface area (TPSA) is 114 Å². The number of rotatable bonds is 4. The van der Waals surface area contributed by atoms with Gasteiger partial charge in [-0.05, 0) is 12.1 Å². The van der Waals surface area contributed by atoms with Crippen LogP contribution in [-0.4, -0.2) is 58.3 Å². The standard InChI is InChI=1S/C22H14F6N6O4/c1-35-17-19(37-3)33-15-13(31-17)11-12(14-16(15)34-20(38-4)18(32-14)36-2)30-10-8(22(26,27)28)5-7(21(23,24)25)6-9(10)29-11/h5-6H,1-4H3. The number of ether oxygens (including phenoxy) is 4. The van der Waals surface area contributed by atoms with Crippen LogP contribution in [0.5, 0.6) is 23.5 Å². The third-order valence-electron chi connectivity index (χ3n) is 5.52. The van der Waals surface area contributed by atoms with Crippen LogP contribution >= 0.6 is 0 Å². The molecule has 0 saturated carbocycles. The van der Waals surface area contributed by atoms with Crippen LogP contribution in [0, 0.1) is 0 Å². The Hall–Kier alpha value is -4.50. The van der Waals surface area contributed by atoms with Crippen molar-refractivity contribution in [1.82, 2.24) is 29.9 Å². The molecule has 5 aromatic rings. The molecule has 0 N–H and O–H groups in total. The van der Waals surface area contributed by atoms with Crippen LogP contribution in [0.3, 0.4) is 0 Å². The van der Waals surface area contributed by atoms with Gasteiger partial charge in [-0.15, -0.1) is 0 Å². The summed E-state index contributed by atoms with van der Waals surface area (Å²) >= 11 is 0. The number of methoxy groups -OCH3 is 4. The van der Waals surface area contributed by atoms with Crippen LogP contribution < -0.4 is 18.9 Å². The van der Waals surface area contributed by atoms with Crippen molar-refractivity contribution in [1.29, 1.82) is 0 Å². The first-order valence-corrected chi connectivity index (χ1v) is 10.4. The fraction of sp³-hybridized carbons (Fsp3) is 0.273. The average molecular weight is 540 g/mol. The summed E-state index contributed by atoms with van der Waals surface area (Å²) in [7, 11) is 5.11. The van der Waals surface area contributed by atoms with Gasteiger partial charge in [-0.25, -0.2) is 29.9 Å². The van der Waals surface area contributed by atoms with Gasteiger partial charge in [-0.1, -0.05) is 0 Å². The van der Waals surface area contributed by atoms with Crippen LogP contribution in [0.2, 0.25) is 0 Å². The normalized spacial score (nSPS) is 12.5. The molecule has 198 valence electrons. The highest BCUT2D eigenvalue weighted by Gasteiger charge is 2.39. The third kappa shape index (κ3) is 3.83. The molecular weight excluding hydrogens is 526 g/mol. The number of hydrogen-bond donors (Lipinski definition) is 0. The van der Waals surface area contributed by atoms with Crippen molar-refractivity contribution in [2.24, 2.45) is 0 Å². The second kappa shape index (κ2) is 8.53. The molecule has 38 heavy (non-hydrogen) atoms. The van der Waals surface area contributed by atoms with E-state index in [-0.39, 0.29) is 62.7 Å². The van der Waals surface area contributed by atoms with Crippen LogP contribution in [0.15, 0.2) is 12.1 Å². The van der Waals surface area contributed by atoms with Crippen molar-refractivity contribution in [2.75, 3.05) is 28.4 Å². The zero-order valence-electron chi connectivity index (χ0n) is 19.7. The Morgan fingerprint density at radius 3 is 1.18 bits per heavy atom. The van der Waals surface area contributed by atoms with E-state index in [1.54, 1.807) is 0 Å². The monoisotopic (exact) mass is 540 g/mol. The Labute approximate surface area is 207 Å². The number of fused-ring (bicyclic) bond motifs is 7. The lowest BCUT2D eigenvalue weighted by atomic mass is 10.1. The van der Waals surface area contributed by atoms with Gasteiger partial charge < -0.3 is 18.9 Å². The molecule has 2 aromatic carbocycles. The van der Waals surface area contributed by atoms with Crippen LogP contribution in [-0.2, 0) is 12.4 Å². The summed E-state index contributed by atoms with van der Waals surface area (Å²) in [6, 6.07) is 0.455. The summed E-state index contributed by atoms with van der Waals surface area (Å²) in [5.74, 6) is -0.433. The molecule has 0 aliphatic rings. The first-order chi connectivity index (χ1) is 17.9. The number of halogens is 6. The minimum atomic E-state index is -5.18. The van der Waals surface area contributed by atoms with Gasteiger partial charge in [-0.3, -0.25) is 0 Å². The minimum Gasteiger partial charge on any atom is -0.477 e. The molecule has 0 fully saturated rings. The Balaban J connectivity index is 2.07. The molecule has 5 rings (SSSR count). The first-order valence-electron chi connectivity index (χ1n) is 10.4. The minimum absolute atomic E-state index is 0.00438. The fourth-order valence-corrected chi connectivity index (χ4v) is 3.87. The molecule has 0 radical (unpaired) electrons. The predicted molar refractivity (Wildman–Crippen MR) is 119 cm³/mol. The Morgan fingerprint density at radius 1 is 0.474 bits per heavy atom. The summed E-state index contributed by atoms with van der Waals surface area (Å²) in [6.45, 7) is 0. The number of hydrogen-bond acceptors (Lipinski definition) is 10. The summed E-state index contributed by atoms with van der Waals surface area (Å²) in [4.78, 5) is 25.4. The van der Waals surface area contributed by atoms with E-state index in [4.69, 9.17) is 18.9 Å². The highest BCUT2D eigenvalue weighted by Crippen LogP contribution is 2.42. The lowest BCUT2D eigenvalue weighted by molar-refractivity contribution is -0.142. The van der Waals surface area contributed by atoms with Gasteiger partial charge in [0.1, 0.15) is 38.6 Å². The van der Waals surface area contributed by atoms with Crippen molar-refractivity contribution < 1.29 is 45.3 Å². The zero-order chi connectivity index (χ0) is 27.6. The molecule has 3 heterocycles. The van der Waals surface area contributed by atoms with Crippen LogP contribution in [0.1, 0.15) is 11.1 Å². The van der Waals surface area contributed by atoms with E-state index in [1.165, 1.54) is 28.4 Å². The molecule has 0 aliphatic heterocycles. The van der Waals surface area contributed by atoms with Gasteiger partial charge in [0.2, 0.25) is 0 Å². The summed E-state index contributed by atoms with van der Waals surface area (Å²) < 4.78 is 103. The van der Waals surface area contributed by atoms with E-state index in [0.717, 1.165) is 0 Å². The second-order valence-corrected chi connectivity index (χ2v) is 7.69. The van der Waals surface area contributed by atoms with Gasteiger partial charge in [-0.2, -0.15) is 26.3 Å². The third-order valence-corrected chi connectivity index (χ3v) is 5.52. The van der Waals surface area contributed by atoms with Gasteiger partial charge in [0, 0.05) is 0 Å². The number of alkyl halides is 6. The van der Waals surface area contributed by atoms with Crippen molar-refractivity contribution >= 4 is 44.1 Å². The van der Waals surface area contributed by atoms with Crippen molar-refractivity contribution in [3.8, 4) is 23.5 Å². The highest BCUT2D eigenvalue weighted by molar-refractivity contribution is 6.19. The predicted octanol–water partition coefficient (Wildman–Crippen LogP) is 4.74. The lowest BCUT2D eigenvalue weighted by Gasteiger charge is -2.16. The molecule has 3 aromatic heterocycles. The molecule has 0 unspecified atom stereocenters. The molecule has 0 bridgehead atoms. The number of aromatic nitrogens is 6. The number of benzene rings is 2. The molecule has 10 nitrogen and oxygen atoms in total. The summed E-state index contributed by atoms with van der Waals surface area (Å²) in [5.41, 5.74) is -5.37. The Bertz CT molecular complexity index is 1760. The maximum atomic E-state index is 13.9. The maximum Gasteiger partial charge on any atom is 0.418 e. The van der Waals surface area contributed by atoms with E-state index in [0.29, 0.717) is 6.07 Å². The van der Waals surface area contributed by atoms with Gasteiger partial charge in [0.05, 0.1) is 45.1 Å². The SMILES string of the molecule is COc1nc2c3nc(OC)c(OC)nc3c3nc4c(C(F)(F)F)cc(C(F)(F)F)cc4nc3c2nc1OC. The molecule has 16 heteroatoms. The molecular formula is C22H14F6N6O4. The molecule has 0 spiro atoms. The quantitative estimate of drug-likeness (QED) is 0.180. The van der Waals surface area contributed by atoms with Crippen molar-refractivity contribution in [2.45, 2.75) is 12.4 Å². The Morgan fingerprint density at radius 2 is 0.842 bits per heavy atom. The molecule has 0 aliphatic carbocycles. The average Bonchev–Trinajstić information content (AvgIpc) is 2.88. The van der Waals surface area contributed by atoms with Gasteiger partial charge in [0.25, 0.3) is 23.5 Å². The van der Waals surface area contributed by atoms with E-state index < -0.39 is 34.5 Å². The molecule has 0 amide bonds. The fourth-order valence-electron chi connectivity index (χ4n) is 3.87. The zero-order valence-corrected chi connectivity index (χ0v) is 19.7. The maximum absolute atomic E-state index is 13.9. The van der Waals surface area contributed by atoms with Crippen LogP contribution in [0.4, 0.5) is 26.3 Å². The van der Waals surface area contributed by atoms with Crippen molar-refractivity contribution in [3.05, 3.63) is 23.3 Å². The lowest BCUT2D eigenvalue weighted by Crippen LogP contribution is -2.13. The largest absolute Gasteiger partial charge is 0.477 e. The van der Waals surface area contributed by atoms with Gasteiger partial charge in [0.15, 0.2) is 0 Å². The van der Waals surface area contributed by atoms with E-state index in [9.17, 15) is 26.3 Å². The smallest absolute Gasteiger partial charge is 0.418 e. The van der Waals surface area contributed by atoms with Gasteiger partial charge >= 0.3 is 12.4 Å². The highest BCUT2D eigenvalue weighted by atomic mass is 19.4. The Kier molecular flexibility index (Phi) is 5.65.